The number of nitrogens with zero attached hydrogens (tertiary/aromatic N) is 2. The Kier molecular flexibility index (Phi) is 8.37. The molecule has 0 aliphatic rings. The molecule has 0 saturated carbocycles. The molecule has 0 saturated heterocycles. The zero-order chi connectivity index (χ0) is 24.9. The second-order valence-electron chi connectivity index (χ2n) is 7.46. The van der Waals surface area contributed by atoms with Crippen molar-refractivity contribution in [3.8, 4) is 17.2 Å². The first-order valence-electron chi connectivity index (χ1n) is 11.2. The maximum Gasteiger partial charge on any atom is 0.279 e. The third kappa shape index (κ3) is 5.61. The van der Waals surface area contributed by atoms with Crippen molar-refractivity contribution in [2.75, 3.05) is 26.1 Å². The summed E-state index contributed by atoms with van der Waals surface area (Å²) in [4.78, 5) is 18.4. The molecule has 0 aliphatic carbocycles. The Morgan fingerprint density at radius 1 is 0.971 bits per heavy atom. The standard InChI is InChI=1S/C24H30N2O6S2/c1-6-12-26-18-11-10-17(34(5,28)29)15-21(18)33-24(26)25-23(27)16-13-19(30-7-2)22(32-9-4)20(14-16)31-8-3/h10-11,13-15H,6-9,12H2,1-5H3. The topological polar surface area (TPSA) is 96.2 Å². The molecule has 1 heterocycles. The Labute approximate surface area is 203 Å². The van der Waals surface area contributed by atoms with Crippen LogP contribution in [0.3, 0.4) is 0 Å². The van der Waals surface area contributed by atoms with Crippen LogP contribution in [-0.4, -0.2) is 45.0 Å². The molecule has 3 rings (SSSR count). The fourth-order valence-corrected chi connectivity index (χ4v) is 5.29. The maximum absolute atomic E-state index is 13.2. The van der Waals surface area contributed by atoms with Crippen LogP contribution in [-0.2, 0) is 16.4 Å². The van der Waals surface area contributed by atoms with Crippen LogP contribution in [0, 0.1) is 0 Å². The average molecular weight is 507 g/mol. The second-order valence-corrected chi connectivity index (χ2v) is 10.5. The van der Waals surface area contributed by atoms with E-state index in [4.69, 9.17) is 14.2 Å². The van der Waals surface area contributed by atoms with Crippen LogP contribution in [0.2, 0.25) is 0 Å². The van der Waals surface area contributed by atoms with Gasteiger partial charge in [0.15, 0.2) is 26.1 Å². The van der Waals surface area contributed by atoms with Crippen molar-refractivity contribution in [3.05, 3.63) is 40.7 Å². The average Bonchev–Trinajstić information content (AvgIpc) is 3.12. The van der Waals surface area contributed by atoms with Crippen molar-refractivity contribution >= 4 is 37.3 Å². The van der Waals surface area contributed by atoms with E-state index in [0.29, 0.717) is 54.0 Å². The van der Waals surface area contributed by atoms with E-state index in [-0.39, 0.29) is 4.90 Å². The largest absolute Gasteiger partial charge is 0.490 e. The van der Waals surface area contributed by atoms with E-state index in [1.54, 1.807) is 30.3 Å². The molecule has 1 aromatic heterocycles. The van der Waals surface area contributed by atoms with Crippen LogP contribution in [0.5, 0.6) is 17.2 Å². The molecule has 34 heavy (non-hydrogen) atoms. The number of benzene rings is 2. The number of rotatable bonds is 10. The maximum atomic E-state index is 13.2. The molecule has 2 aromatic carbocycles. The normalized spacial score (nSPS) is 12.2. The van der Waals surface area contributed by atoms with E-state index in [1.807, 2.05) is 32.3 Å². The van der Waals surface area contributed by atoms with Gasteiger partial charge < -0.3 is 18.8 Å². The summed E-state index contributed by atoms with van der Waals surface area (Å²) in [7, 11) is -3.35. The number of amides is 1. The van der Waals surface area contributed by atoms with Gasteiger partial charge in [-0.1, -0.05) is 18.3 Å². The van der Waals surface area contributed by atoms with E-state index in [1.165, 1.54) is 17.6 Å². The highest BCUT2D eigenvalue weighted by atomic mass is 32.2. The van der Waals surface area contributed by atoms with Gasteiger partial charge >= 0.3 is 0 Å². The van der Waals surface area contributed by atoms with Crippen LogP contribution < -0.4 is 19.0 Å². The van der Waals surface area contributed by atoms with E-state index < -0.39 is 15.7 Å². The third-order valence-corrected chi connectivity index (χ3v) is 7.03. The fraction of sp³-hybridized carbons (Fsp3) is 0.417. The van der Waals surface area contributed by atoms with Gasteiger partial charge in [-0.15, -0.1) is 0 Å². The molecule has 0 bridgehead atoms. The van der Waals surface area contributed by atoms with E-state index >= 15 is 0 Å². The minimum absolute atomic E-state index is 0.233. The first kappa shape index (κ1) is 25.8. The third-order valence-electron chi connectivity index (χ3n) is 4.88. The fourth-order valence-electron chi connectivity index (χ4n) is 3.47. The number of thiazole rings is 1. The van der Waals surface area contributed by atoms with Gasteiger partial charge in [0.1, 0.15) is 0 Å². The summed E-state index contributed by atoms with van der Waals surface area (Å²) in [6.07, 6.45) is 2.00. The number of ether oxygens (including phenoxy) is 3. The lowest BCUT2D eigenvalue weighted by atomic mass is 10.1. The van der Waals surface area contributed by atoms with Crippen molar-refractivity contribution in [3.63, 3.8) is 0 Å². The minimum atomic E-state index is -3.35. The monoisotopic (exact) mass is 506 g/mol. The highest BCUT2D eigenvalue weighted by Gasteiger charge is 2.19. The minimum Gasteiger partial charge on any atom is -0.490 e. The van der Waals surface area contributed by atoms with Gasteiger partial charge in [-0.2, -0.15) is 4.99 Å². The molecular weight excluding hydrogens is 476 g/mol. The van der Waals surface area contributed by atoms with Gasteiger partial charge in [0.2, 0.25) is 5.75 Å². The van der Waals surface area contributed by atoms with Crippen LogP contribution >= 0.6 is 11.3 Å². The molecule has 3 aromatic rings. The number of carbonyl (C=O) groups is 1. The number of sulfone groups is 1. The lowest BCUT2D eigenvalue weighted by molar-refractivity contribution is 0.0996. The zero-order valence-corrected chi connectivity index (χ0v) is 21.7. The molecule has 0 aliphatic heterocycles. The predicted octanol–water partition coefficient (Wildman–Crippen LogP) is 4.45. The number of aromatic nitrogens is 1. The Morgan fingerprint density at radius 3 is 2.12 bits per heavy atom. The molecule has 1 amide bonds. The Balaban J connectivity index is 2.16. The number of carbonyl (C=O) groups excluding carboxylic acids is 1. The van der Waals surface area contributed by atoms with Crippen LogP contribution in [0.1, 0.15) is 44.5 Å². The SMILES string of the molecule is CCCn1c(=NC(=O)c2cc(OCC)c(OCC)c(OCC)c2)sc2cc(S(C)(=O)=O)ccc21. The van der Waals surface area contributed by atoms with Gasteiger partial charge in [0.25, 0.3) is 5.91 Å². The molecule has 0 atom stereocenters. The first-order valence-corrected chi connectivity index (χ1v) is 13.9. The molecule has 0 spiro atoms. The molecule has 10 heteroatoms. The first-order chi connectivity index (χ1) is 16.2. The Hall–Kier alpha value is -2.85. The van der Waals surface area contributed by atoms with Crippen LogP contribution in [0.25, 0.3) is 10.2 Å². The Bertz CT molecular complexity index is 1330. The van der Waals surface area contributed by atoms with Crippen LogP contribution in [0.15, 0.2) is 40.2 Å². The molecule has 184 valence electrons. The summed E-state index contributed by atoms with van der Waals surface area (Å²) in [6, 6.07) is 8.20. The van der Waals surface area contributed by atoms with Crippen molar-refractivity contribution in [1.29, 1.82) is 0 Å². The van der Waals surface area contributed by atoms with Gasteiger partial charge in [0, 0.05) is 18.4 Å². The predicted molar refractivity (Wildman–Crippen MR) is 133 cm³/mol. The lowest BCUT2D eigenvalue weighted by Crippen LogP contribution is -2.17. The van der Waals surface area contributed by atoms with Crippen molar-refractivity contribution < 1.29 is 27.4 Å². The number of fused-ring (bicyclic) bond motifs is 1. The second kappa shape index (κ2) is 11.1. The number of hydrogen-bond acceptors (Lipinski definition) is 7. The van der Waals surface area contributed by atoms with Gasteiger partial charge in [-0.05, 0) is 57.5 Å². The quantitative estimate of drug-likeness (QED) is 0.403. The summed E-state index contributed by atoms with van der Waals surface area (Å²) < 4.78 is 43.8. The summed E-state index contributed by atoms with van der Waals surface area (Å²) >= 11 is 1.28. The molecular formula is C24H30N2O6S2. The summed E-state index contributed by atoms with van der Waals surface area (Å²) in [5, 5.41) is 0. The summed E-state index contributed by atoms with van der Waals surface area (Å²) in [6.45, 7) is 9.46. The summed E-state index contributed by atoms with van der Waals surface area (Å²) in [5.74, 6) is 0.845. The zero-order valence-electron chi connectivity index (χ0n) is 20.1. The van der Waals surface area contributed by atoms with Crippen molar-refractivity contribution in [2.45, 2.75) is 45.6 Å². The summed E-state index contributed by atoms with van der Waals surface area (Å²) in [5.41, 5.74) is 1.15. The lowest BCUT2D eigenvalue weighted by Gasteiger charge is -2.16. The van der Waals surface area contributed by atoms with E-state index in [0.717, 1.165) is 16.6 Å². The highest BCUT2D eigenvalue weighted by Crippen LogP contribution is 2.39. The molecule has 0 radical (unpaired) electrons. The van der Waals surface area contributed by atoms with Crippen LogP contribution in [0.4, 0.5) is 0 Å². The molecule has 0 N–H and O–H groups in total. The molecule has 0 fully saturated rings. The van der Waals surface area contributed by atoms with Gasteiger partial charge in [-0.3, -0.25) is 4.79 Å². The smallest absolute Gasteiger partial charge is 0.279 e. The highest BCUT2D eigenvalue weighted by molar-refractivity contribution is 7.90. The van der Waals surface area contributed by atoms with Crippen molar-refractivity contribution in [2.24, 2.45) is 4.99 Å². The number of hydrogen-bond donors (Lipinski definition) is 0. The van der Waals surface area contributed by atoms with Gasteiger partial charge in [0.05, 0.1) is 34.9 Å². The van der Waals surface area contributed by atoms with E-state index in [2.05, 4.69) is 4.99 Å². The Morgan fingerprint density at radius 2 is 1.59 bits per heavy atom. The van der Waals surface area contributed by atoms with Crippen molar-refractivity contribution in [1.82, 2.24) is 4.57 Å². The van der Waals surface area contributed by atoms with Gasteiger partial charge in [-0.25, -0.2) is 8.42 Å². The van der Waals surface area contributed by atoms with E-state index in [9.17, 15) is 13.2 Å². The molecule has 0 unspecified atom stereocenters. The molecule has 8 nitrogen and oxygen atoms in total. The number of aryl methyl sites for hydroxylation is 1.